The van der Waals surface area contributed by atoms with E-state index in [4.69, 9.17) is 4.74 Å². The maximum absolute atomic E-state index is 13.7. The Kier molecular flexibility index (Phi) is 4.31. The van der Waals surface area contributed by atoms with E-state index in [1.165, 1.54) is 30.3 Å². The quantitative estimate of drug-likeness (QED) is 0.678. The van der Waals surface area contributed by atoms with Crippen LogP contribution in [0.5, 0.6) is 11.5 Å². The van der Waals surface area contributed by atoms with Crippen LogP contribution in [0.1, 0.15) is 5.56 Å². The molecular weight excluding hydrogens is 333 g/mol. The zero-order chi connectivity index (χ0) is 14.7. The lowest BCUT2D eigenvalue weighted by atomic mass is 10.2. The normalized spacial score (nSPS) is 10.3. The monoisotopic (exact) mass is 341 g/mol. The van der Waals surface area contributed by atoms with Crippen molar-refractivity contribution in [2.45, 2.75) is 6.61 Å². The van der Waals surface area contributed by atoms with E-state index < -0.39 is 17.3 Å². The molecule has 0 aliphatic carbocycles. The van der Waals surface area contributed by atoms with Crippen molar-refractivity contribution >= 4 is 21.6 Å². The lowest BCUT2D eigenvalue weighted by Crippen LogP contribution is -1.96. The minimum absolute atomic E-state index is 0.0308. The predicted molar refractivity (Wildman–Crippen MR) is 73.2 cm³/mol. The summed E-state index contributed by atoms with van der Waals surface area (Å²) in [5, 5.41) is 19.9. The maximum Gasteiger partial charge on any atom is 0.270 e. The molecule has 104 valence electrons. The molecule has 0 aromatic heterocycles. The first-order valence-corrected chi connectivity index (χ1v) is 6.31. The molecule has 2 aromatic rings. The minimum atomic E-state index is -0.582. The van der Waals surface area contributed by atoms with E-state index >= 15 is 0 Å². The van der Waals surface area contributed by atoms with Gasteiger partial charge in [-0.1, -0.05) is 15.9 Å². The lowest BCUT2D eigenvalue weighted by Gasteiger charge is -2.10. The van der Waals surface area contributed by atoms with Crippen LogP contribution in [0.15, 0.2) is 40.9 Å². The number of hydrogen-bond acceptors (Lipinski definition) is 4. The Morgan fingerprint density at radius 3 is 2.55 bits per heavy atom. The van der Waals surface area contributed by atoms with Crippen molar-refractivity contribution in [3.63, 3.8) is 0 Å². The molecule has 0 heterocycles. The SMILES string of the molecule is O=[N+]([O-])c1ccc(Oc2ccc(Br)cc2F)c(CO)c1. The van der Waals surface area contributed by atoms with E-state index in [1.807, 2.05) is 0 Å². The number of nitro groups is 1. The number of non-ortho nitro benzene ring substituents is 1. The molecule has 1 N–H and O–H groups in total. The third-order valence-electron chi connectivity index (χ3n) is 2.54. The molecule has 0 atom stereocenters. The first-order valence-electron chi connectivity index (χ1n) is 5.52. The van der Waals surface area contributed by atoms with Gasteiger partial charge in [-0.15, -0.1) is 0 Å². The van der Waals surface area contributed by atoms with Crippen molar-refractivity contribution in [2.75, 3.05) is 0 Å². The van der Waals surface area contributed by atoms with E-state index in [-0.39, 0.29) is 22.7 Å². The topological polar surface area (TPSA) is 72.6 Å². The number of benzene rings is 2. The standard InChI is InChI=1S/C13H9BrFNO4/c14-9-1-3-13(11(15)6-9)20-12-4-2-10(16(18)19)5-8(12)7-17/h1-6,17H,7H2. The molecule has 0 saturated heterocycles. The summed E-state index contributed by atoms with van der Waals surface area (Å²) in [4.78, 5) is 10.1. The Balaban J connectivity index is 2.35. The summed E-state index contributed by atoms with van der Waals surface area (Å²) in [7, 11) is 0. The number of hydrogen-bond donors (Lipinski definition) is 1. The second kappa shape index (κ2) is 5.98. The Morgan fingerprint density at radius 1 is 1.25 bits per heavy atom. The van der Waals surface area contributed by atoms with Gasteiger partial charge < -0.3 is 9.84 Å². The molecule has 0 fully saturated rings. The number of aliphatic hydroxyl groups excluding tert-OH is 1. The summed E-state index contributed by atoms with van der Waals surface area (Å²) in [6, 6.07) is 7.99. The van der Waals surface area contributed by atoms with Gasteiger partial charge in [0.2, 0.25) is 0 Å². The van der Waals surface area contributed by atoms with Crippen LogP contribution in [0.4, 0.5) is 10.1 Å². The maximum atomic E-state index is 13.7. The molecule has 0 aliphatic rings. The van der Waals surface area contributed by atoms with E-state index in [2.05, 4.69) is 15.9 Å². The molecule has 5 nitrogen and oxygen atoms in total. The second-order valence-electron chi connectivity index (χ2n) is 3.88. The second-order valence-corrected chi connectivity index (χ2v) is 4.80. The highest BCUT2D eigenvalue weighted by molar-refractivity contribution is 9.10. The summed E-state index contributed by atoms with van der Waals surface area (Å²) in [6.07, 6.45) is 0. The molecule has 0 aliphatic heterocycles. The van der Waals surface area contributed by atoms with Crippen molar-refractivity contribution in [3.8, 4) is 11.5 Å². The Morgan fingerprint density at radius 2 is 1.95 bits per heavy atom. The highest BCUT2D eigenvalue weighted by atomic mass is 79.9. The Bertz CT molecular complexity index is 663. The summed E-state index contributed by atoms with van der Waals surface area (Å²) in [6.45, 7) is -0.449. The Labute approximate surface area is 121 Å². The van der Waals surface area contributed by atoms with Crippen LogP contribution >= 0.6 is 15.9 Å². The number of aliphatic hydroxyl groups is 1. The van der Waals surface area contributed by atoms with Crippen LogP contribution in [0.3, 0.4) is 0 Å². The van der Waals surface area contributed by atoms with E-state index in [1.54, 1.807) is 6.07 Å². The van der Waals surface area contributed by atoms with Crippen LogP contribution < -0.4 is 4.74 Å². The van der Waals surface area contributed by atoms with Crippen molar-refractivity contribution in [1.29, 1.82) is 0 Å². The van der Waals surface area contributed by atoms with Crippen LogP contribution in [-0.4, -0.2) is 10.0 Å². The highest BCUT2D eigenvalue weighted by Gasteiger charge is 2.13. The molecule has 2 aromatic carbocycles. The van der Waals surface area contributed by atoms with Crippen molar-refractivity contribution < 1.29 is 19.2 Å². The smallest absolute Gasteiger partial charge is 0.270 e. The molecule has 0 unspecified atom stereocenters. The van der Waals surface area contributed by atoms with Gasteiger partial charge in [-0.25, -0.2) is 4.39 Å². The van der Waals surface area contributed by atoms with Gasteiger partial charge in [0.05, 0.1) is 11.5 Å². The van der Waals surface area contributed by atoms with Crippen LogP contribution in [-0.2, 0) is 6.61 Å². The van der Waals surface area contributed by atoms with E-state index in [0.717, 1.165) is 0 Å². The molecule has 0 radical (unpaired) electrons. The number of nitro benzene ring substituents is 1. The van der Waals surface area contributed by atoms with Crippen LogP contribution in [0, 0.1) is 15.9 Å². The van der Waals surface area contributed by atoms with Crippen molar-refractivity contribution in [1.82, 2.24) is 0 Å². The molecule has 0 spiro atoms. The van der Waals surface area contributed by atoms with Gasteiger partial charge in [0, 0.05) is 22.2 Å². The fraction of sp³-hybridized carbons (Fsp3) is 0.0769. The fourth-order valence-corrected chi connectivity index (χ4v) is 1.91. The van der Waals surface area contributed by atoms with Gasteiger partial charge in [-0.3, -0.25) is 10.1 Å². The minimum Gasteiger partial charge on any atom is -0.454 e. The Hall–Kier alpha value is -1.99. The van der Waals surface area contributed by atoms with Crippen LogP contribution in [0.2, 0.25) is 0 Å². The number of ether oxygens (including phenoxy) is 1. The molecule has 0 amide bonds. The average Bonchev–Trinajstić information content (AvgIpc) is 2.42. The molecular formula is C13H9BrFNO4. The van der Waals surface area contributed by atoms with E-state index in [0.29, 0.717) is 4.47 Å². The third kappa shape index (κ3) is 3.12. The summed E-state index contributed by atoms with van der Waals surface area (Å²) < 4.78 is 19.6. The molecule has 2 rings (SSSR count). The number of rotatable bonds is 4. The first kappa shape index (κ1) is 14.4. The van der Waals surface area contributed by atoms with Gasteiger partial charge in [-0.05, 0) is 24.3 Å². The summed E-state index contributed by atoms with van der Waals surface area (Å²) in [5.74, 6) is -0.447. The van der Waals surface area contributed by atoms with Crippen molar-refractivity contribution in [2.24, 2.45) is 0 Å². The van der Waals surface area contributed by atoms with Gasteiger partial charge >= 0.3 is 0 Å². The molecule has 20 heavy (non-hydrogen) atoms. The predicted octanol–water partition coefficient (Wildman–Crippen LogP) is 3.78. The largest absolute Gasteiger partial charge is 0.454 e. The third-order valence-corrected chi connectivity index (χ3v) is 3.03. The molecule has 0 bridgehead atoms. The van der Waals surface area contributed by atoms with Crippen molar-refractivity contribution in [3.05, 3.63) is 62.4 Å². The van der Waals surface area contributed by atoms with Crippen LogP contribution in [0.25, 0.3) is 0 Å². The molecule has 0 saturated carbocycles. The zero-order valence-electron chi connectivity index (χ0n) is 10.0. The van der Waals surface area contributed by atoms with Gasteiger partial charge in [-0.2, -0.15) is 0 Å². The first-order chi connectivity index (χ1) is 9.51. The highest BCUT2D eigenvalue weighted by Crippen LogP contribution is 2.31. The zero-order valence-corrected chi connectivity index (χ0v) is 11.6. The average molecular weight is 342 g/mol. The summed E-state index contributed by atoms with van der Waals surface area (Å²) >= 11 is 3.12. The number of nitrogens with zero attached hydrogens (tertiary/aromatic N) is 1. The van der Waals surface area contributed by atoms with Gasteiger partial charge in [0.25, 0.3) is 5.69 Å². The fourth-order valence-electron chi connectivity index (χ4n) is 1.58. The van der Waals surface area contributed by atoms with E-state index in [9.17, 15) is 19.6 Å². The van der Waals surface area contributed by atoms with Gasteiger partial charge in [0.1, 0.15) is 5.75 Å². The summed E-state index contributed by atoms with van der Waals surface area (Å²) in [5.41, 5.74) is 0.0409. The molecule has 7 heteroatoms. The number of halogens is 2. The van der Waals surface area contributed by atoms with Gasteiger partial charge in [0.15, 0.2) is 11.6 Å². The lowest BCUT2D eigenvalue weighted by molar-refractivity contribution is -0.385.